The highest BCUT2D eigenvalue weighted by molar-refractivity contribution is 8.00. The SMILES string of the molecule is CCOC.CNc1cc(NC(=O)c2ccc(N3COCCS3)cc2C)ccc1C.O=Cc1cccc(Cl)c1. The molecule has 3 aromatic carbocycles. The third-order valence-corrected chi connectivity index (χ3v) is 6.68. The molecule has 3 aromatic rings. The molecule has 9 heteroatoms. The van der Waals surface area contributed by atoms with Gasteiger partial charge in [0.2, 0.25) is 0 Å². The van der Waals surface area contributed by atoms with Crippen LogP contribution in [0.25, 0.3) is 0 Å². The molecule has 0 aliphatic carbocycles. The maximum Gasteiger partial charge on any atom is 0.255 e. The van der Waals surface area contributed by atoms with E-state index in [1.54, 1.807) is 43.3 Å². The molecule has 1 heterocycles. The van der Waals surface area contributed by atoms with Gasteiger partial charge in [-0.3, -0.25) is 13.9 Å². The highest BCUT2D eigenvalue weighted by atomic mass is 35.5. The Morgan fingerprint density at radius 2 is 1.89 bits per heavy atom. The molecule has 38 heavy (non-hydrogen) atoms. The molecule has 1 aliphatic rings. The number of carbonyl (C=O) groups excluding carboxylic acids is 2. The number of halogens is 1. The average Bonchev–Trinajstić information content (AvgIpc) is 2.94. The Kier molecular flexibility index (Phi) is 13.7. The molecule has 1 amide bonds. The Morgan fingerprint density at radius 1 is 1.13 bits per heavy atom. The van der Waals surface area contributed by atoms with Crippen LogP contribution in [0.4, 0.5) is 17.1 Å². The Bertz CT molecular complexity index is 1180. The Balaban J connectivity index is 0.000000322. The highest BCUT2D eigenvalue weighted by Gasteiger charge is 2.15. The second-order valence-corrected chi connectivity index (χ2v) is 9.78. The van der Waals surface area contributed by atoms with Crippen LogP contribution in [0.5, 0.6) is 0 Å². The van der Waals surface area contributed by atoms with E-state index in [-0.39, 0.29) is 5.91 Å². The summed E-state index contributed by atoms with van der Waals surface area (Å²) >= 11 is 7.31. The fourth-order valence-corrected chi connectivity index (χ4v) is 4.37. The Hall–Kier alpha value is -3.04. The van der Waals surface area contributed by atoms with Crippen molar-refractivity contribution >= 4 is 52.8 Å². The van der Waals surface area contributed by atoms with Gasteiger partial charge < -0.3 is 20.1 Å². The standard InChI is InChI=1S/C19H23N3O2S.C7H5ClO.C3H8O/c1-13-4-5-15(11-18(13)20-3)21-19(23)17-7-6-16(10-14(17)2)22-12-24-8-9-25-22;8-7-3-1-2-6(4-7)5-9;1-3-4-2/h4-7,10-11,20H,8-9,12H2,1-3H3,(H,21,23);1-5H;3H2,1-2H3. The van der Waals surface area contributed by atoms with Crippen molar-refractivity contribution in [2.45, 2.75) is 20.8 Å². The third-order valence-electron chi connectivity index (χ3n) is 5.46. The van der Waals surface area contributed by atoms with Gasteiger partial charge in [-0.2, -0.15) is 0 Å². The molecule has 0 unspecified atom stereocenters. The van der Waals surface area contributed by atoms with Crippen LogP contribution >= 0.6 is 23.5 Å². The first kappa shape index (κ1) is 31.2. The fraction of sp³-hybridized carbons (Fsp3) is 0.310. The van der Waals surface area contributed by atoms with Gasteiger partial charge in [0.15, 0.2) is 0 Å². The minimum atomic E-state index is -0.0995. The van der Waals surface area contributed by atoms with E-state index in [4.69, 9.17) is 16.3 Å². The van der Waals surface area contributed by atoms with Gasteiger partial charge in [-0.05, 0) is 86.3 Å². The van der Waals surface area contributed by atoms with E-state index in [9.17, 15) is 9.59 Å². The maximum atomic E-state index is 12.6. The van der Waals surface area contributed by atoms with Crippen LogP contribution in [0, 0.1) is 13.8 Å². The smallest absolute Gasteiger partial charge is 0.255 e. The highest BCUT2D eigenvalue weighted by Crippen LogP contribution is 2.27. The number of anilines is 3. The van der Waals surface area contributed by atoms with Crippen molar-refractivity contribution in [2.24, 2.45) is 0 Å². The number of methoxy groups -OCH3 is 1. The number of rotatable bonds is 6. The number of nitrogens with one attached hydrogen (secondary N) is 2. The van der Waals surface area contributed by atoms with Gasteiger partial charge in [0, 0.05) is 59.7 Å². The van der Waals surface area contributed by atoms with Crippen molar-refractivity contribution in [3.8, 4) is 0 Å². The molecule has 0 bridgehead atoms. The summed E-state index contributed by atoms with van der Waals surface area (Å²) in [5.74, 6) is 0.847. The molecule has 0 saturated carbocycles. The van der Waals surface area contributed by atoms with E-state index in [1.165, 1.54) is 0 Å². The molecule has 1 fully saturated rings. The van der Waals surface area contributed by atoms with E-state index >= 15 is 0 Å². The number of aryl methyl sites for hydroxylation is 2. The zero-order valence-electron chi connectivity index (χ0n) is 22.5. The summed E-state index contributed by atoms with van der Waals surface area (Å²) in [5, 5.41) is 6.71. The molecule has 1 aliphatic heterocycles. The zero-order chi connectivity index (χ0) is 27.9. The molecule has 204 valence electrons. The van der Waals surface area contributed by atoms with E-state index in [0.29, 0.717) is 22.9 Å². The first-order valence-corrected chi connectivity index (χ1v) is 13.5. The lowest BCUT2D eigenvalue weighted by atomic mass is 10.1. The van der Waals surface area contributed by atoms with E-state index in [0.717, 1.165) is 53.4 Å². The Morgan fingerprint density at radius 3 is 2.45 bits per heavy atom. The van der Waals surface area contributed by atoms with Gasteiger partial charge in [-0.15, -0.1) is 0 Å². The van der Waals surface area contributed by atoms with Crippen molar-refractivity contribution in [3.63, 3.8) is 0 Å². The third kappa shape index (κ3) is 10.0. The summed E-state index contributed by atoms with van der Waals surface area (Å²) in [6.45, 7) is 8.13. The summed E-state index contributed by atoms with van der Waals surface area (Å²) < 4.78 is 12.1. The topological polar surface area (TPSA) is 79.9 Å². The lowest BCUT2D eigenvalue weighted by Crippen LogP contribution is -2.26. The van der Waals surface area contributed by atoms with Gasteiger partial charge in [0.1, 0.15) is 13.0 Å². The van der Waals surface area contributed by atoms with Crippen molar-refractivity contribution < 1.29 is 19.1 Å². The number of aldehydes is 1. The van der Waals surface area contributed by atoms with Crippen LogP contribution in [0.15, 0.2) is 60.7 Å². The summed E-state index contributed by atoms with van der Waals surface area (Å²) in [7, 11) is 3.55. The second kappa shape index (κ2) is 16.7. The molecular formula is C29H36ClN3O4S. The van der Waals surface area contributed by atoms with Crippen LogP contribution in [0.1, 0.15) is 38.8 Å². The van der Waals surface area contributed by atoms with E-state index in [1.807, 2.05) is 64.2 Å². The predicted molar refractivity (Wildman–Crippen MR) is 160 cm³/mol. The maximum absolute atomic E-state index is 12.6. The fourth-order valence-electron chi connectivity index (χ4n) is 3.35. The van der Waals surface area contributed by atoms with Crippen LogP contribution in [0.3, 0.4) is 0 Å². The largest absolute Gasteiger partial charge is 0.388 e. The molecular weight excluding hydrogens is 522 g/mol. The van der Waals surface area contributed by atoms with Gasteiger partial charge in [0.25, 0.3) is 5.91 Å². The minimum absolute atomic E-state index is 0.0995. The number of amides is 1. The quantitative estimate of drug-likeness (QED) is 0.253. The number of nitrogens with zero attached hydrogens (tertiary/aromatic N) is 1. The van der Waals surface area contributed by atoms with Gasteiger partial charge in [-0.25, -0.2) is 0 Å². The molecule has 0 atom stereocenters. The van der Waals surface area contributed by atoms with Crippen LogP contribution in [0.2, 0.25) is 5.02 Å². The number of ether oxygens (including phenoxy) is 2. The molecule has 7 nitrogen and oxygen atoms in total. The minimum Gasteiger partial charge on any atom is -0.388 e. The van der Waals surface area contributed by atoms with Crippen LogP contribution in [-0.4, -0.2) is 52.0 Å². The van der Waals surface area contributed by atoms with Crippen molar-refractivity contribution in [1.82, 2.24) is 0 Å². The monoisotopic (exact) mass is 557 g/mol. The molecule has 0 aromatic heterocycles. The summed E-state index contributed by atoms with van der Waals surface area (Å²) in [6.07, 6.45) is 0.770. The van der Waals surface area contributed by atoms with Gasteiger partial charge >= 0.3 is 0 Å². The van der Waals surface area contributed by atoms with Crippen molar-refractivity contribution in [2.75, 3.05) is 54.8 Å². The number of carbonyl (C=O) groups is 2. The first-order valence-electron chi connectivity index (χ1n) is 12.2. The van der Waals surface area contributed by atoms with Crippen molar-refractivity contribution in [1.29, 1.82) is 0 Å². The number of hydrogen-bond acceptors (Lipinski definition) is 7. The number of benzene rings is 3. The Labute approximate surface area is 235 Å². The van der Waals surface area contributed by atoms with Gasteiger partial charge in [-0.1, -0.05) is 29.8 Å². The summed E-state index contributed by atoms with van der Waals surface area (Å²) in [6, 6.07) is 18.5. The molecule has 0 radical (unpaired) electrons. The zero-order valence-corrected chi connectivity index (χ0v) is 24.1. The molecule has 2 N–H and O–H groups in total. The van der Waals surface area contributed by atoms with E-state index < -0.39 is 0 Å². The lowest BCUT2D eigenvalue weighted by Gasteiger charge is -2.27. The average molecular weight is 558 g/mol. The van der Waals surface area contributed by atoms with Crippen LogP contribution in [-0.2, 0) is 9.47 Å². The summed E-state index contributed by atoms with van der Waals surface area (Å²) in [4.78, 5) is 22.7. The molecule has 4 rings (SSSR count). The van der Waals surface area contributed by atoms with Gasteiger partial charge in [0.05, 0.1) is 6.61 Å². The van der Waals surface area contributed by atoms with Crippen LogP contribution < -0.4 is 14.9 Å². The first-order chi connectivity index (χ1) is 18.3. The number of hydrogen-bond donors (Lipinski definition) is 2. The van der Waals surface area contributed by atoms with Crippen molar-refractivity contribution in [3.05, 3.63) is 87.9 Å². The molecule has 0 spiro atoms. The lowest BCUT2D eigenvalue weighted by molar-refractivity contribution is 0.102. The van der Waals surface area contributed by atoms with E-state index in [2.05, 4.69) is 19.7 Å². The molecule has 1 saturated heterocycles. The normalized spacial score (nSPS) is 12.3. The predicted octanol–water partition coefficient (Wildman–Crippen LogP) is 6.84. The second-order valence-electron chi connectivity index (χ2n) is 8.23. The summed E-state index contributed by atoms with van der Waals surface area (Å²) in [5.41, 5.74) is 6.23.